The van der Waals surface area contributed by atoms with Crippen LogP contribution in [0.3, 0.4) is 0 Å². The number of aliphatic hydroxyl groups is 1. The molecule has 0 saturated carbocycles. The van der Waals surface area contributed by atoms with Crippen LogP contribution in [0.2, 0.25) is 0 Å². The quantitative estimate of drug-likeness (QED) is 0.813. The van der Waals surface area contributed by atoms with Crippen molar-refractivity contribution in [3.63, 3.8) is 0 Å². The molecule has 0 aliphatic rings. The molecule has 0 bridgehead atoms. The molecule has 2 rings (SSSR count). The third-order valence-corrected chi connectivity index (χ3v) is 2.76. The first kappa shape index (κ1) is 14.7. The van der Waals surface area contributed by atoms with E-state index in [1.165, 1.54) is 12.4 Å². The molecule has 5 heteroatoms. The van der Waals surface area contributed by atoms with Crippen LogP contribution >= 0.6 is 0 Å². The molecule has 0 atom stereocenters. The molecule has 0 aliphatic carbocycles. The maximum absolute atomic E-state index is 12.1. The Bertz CT molecular complexity index is 660. The van der Waals surface area contributed by atoms with E-state index in [9.17, 15) is 4.79 Å². The van der Waals surface area contributed by atoms with Crippen molar-refractivity contribution in [3.8, 4) is 11.8 Å². The van der Waals surface area contributed by atoms with Crippen molar-refractivity contribution in [2.45, 2.75) is 6.42 Å². The minimum absolute atomic E-state index is 0.212. The minimum atomic E-state index is -0.254. The Morgan fingerprint density at radius 2 is 2.19 bits per heavy atom. The van der Waals surface area contributed by atoms with E-state index in [1.807, 2.05) is 18.2 Å². The van der Waals surface area contributed by atoms with Gasteiger partial charge in [-0.15, -0.1) is 0 Å². The molecular formula is C16H15N3O2. The van der Waals surface area contributed by atoms with Gasteiger partial charge in [-0.05, 0) is 18.2 Å². The van der Waals surface area contributed by atoms with Crippen molar-refractivity contribution in [3.05, 3.63) is 59.7 Å². The Morgan fingerprint density at radius 3 is 2.95 bits per heavy atom. The van der Waals surface area contributed by atoms with Crippen LogP contribution in [0, 0.1) is 11.8 Å². The standard InChI is InChI=1S/C16H15N3O2/c20-11-3-4-13-12-17-9-7-15(13)16(21)19-10-6-14-5-1-2-8-18-14/h1-2,5,7-9,12,20H,6,10-11H2,(H,19,21). The molecular weight excluding hydrogens is 266 g/mol. The molecule has 0 radical (unpaired) electrons. The highest BCUT2D eigenvalue weighted by molar-refractivity contribution is 5.96. The van der Waals surface area contributed by atoms with Crippen molar-refractivity contribution in [2.75, 3.05) is 13.2 Å². The Kier molecular flexibility index (Phi) is 5.44. The number of rotatable bonds is 4. The topological polar surface area (TPSA) is 75.1 Å². The second-order valence-corrected chi connectivity index (χ2v) is 4.21. The van der Waals surface area contributed by atoms with Gasteiger partial charge in [0.2, 0.25) is 0 Å². The number of carbonyl (C=O) groups is 1. The van der Waals surface area contributed by atoms with Crippen molar-refractivity contribution < 1.29 is 9.90 Å². The first-order valence-corrected chi connectivity index (χ1v) is 6.53. The number of nitrogens with zero attached hydrogens (tertiary/aromatic N) is 2. The monoisotopic (exact) mass is 281 g/mol. The zero-order valence-corrected chi connectivity index (χ0v) is 11.4. The summed E-state index contributed by atoms with van der Waals surface area (Å²) in [7, 11) is 0. The lowest BCUT2D eigenvalue weighted by Gasteiger charge is -2.06. The molecule has 0 unspecified atom stereocenters. The summed E-state index contributed by atoms with van der Waals surface area (Å²) in [5, 5.41) is 11.6. The third kappa shape index (κ3) is 4.41. The normalized spacial score (nSPS) is 9.57. The van der Waals surface area contributed by atoms with Crippen LogP contribution in [-0.2, 0) is 6.42 Å². The third-order valence-electron chi connectivity index (χ3n) is 2.76. The molecule has 0 fully saturated rings. The van der Waals surface area contributed by atoms with Gasteiger partial charge in [0.05, 0.1) is 11.1 Å². The second-order valence-electron chi connectivity index (χ2n) is 4.21. The van der Waals surface area contributed by atoms with E-state index in [4.69, 9.17) is 5.11 Å². The van der Waals surface area contributed by atoms with Crippen molar-refractivity contribution in [1.29, 1.82) is 0 Å². The summed E-state index contributed by atoms with van der Waals surface area (Å²) in [6.07, 6.45) is 5.44. The Hall–Kier alpha value is -2.71. The molecule has 21 heavy (non-hydrogen) atoms. The van der Waals surface area contributed by atoms with E-state index in [0.29, 0.717) is 24.1 Å². The summed E-state index contributed by atoms with van der Waals surface area (Å²) in [6, 6.07) is 7.29. The summed E-state index contributed by atoms with van der Waals surface area (Å²) in [4.78, 5) is 20.3. The summed E-state index contributed by atoms with van der Waals surface area (Å²) < 4.78 is 0. The second kappa shape index (κ2) is 7.78. The number of hydrogen-bond donors (Lipinski definition) is 2. The fourth-order valence-electron chi connectivity index (χ4n) is 1.77. The van der Waals surface area contributed by atoms with Gasteiger partial charge in [0.15, 0.2) is 0 Å². The van der Waals surface area contributed by atoms with Crippen LogP contribution in [0.15, 0.2) is 42.9 Å². The zero-order valence-electron chi connectivity index (χ0n) is 11.4. The van der Waals surface area contributed by atoms with Gasteiger partial charge in [-0.1, -0.05) is 17.9 Å². The smallest absolute Gasteiger partial charge is 0.252 e. The fraction of sp³-hybridized carbons (Fsp3) is 0.188. The van der Waals surface area contributed by atoms with Gasteiger partial charge in [0, 0.05) is 37.3 Å². The largest absolute Gasteiger partial charge is 0.384 e. The molecule has 2 heterocycles. The first-order valence-electron chi connectivity index (χ1n) is 6.53. The number of aromatic nitrogens is 2. The summed E-state index contributed by atoms with van der Waals surface area (Å²) in [5.41, 5.74) is 1.88. The molecule has 106 valence electrons. The predicted molar refractivity (Wildman–Crippen MR) is 78.5 cm³/mol. The average Bonchev–Trinajstić information content (AvgIpc) is 2.54. The van der Waals surface area contributed by atoms with E-state index in [2.05, 4.69) is 27.1 Å². The van der Waals surface area contributed by atoms with Gasteiger partial charge in [0.1, 0.15) is 6.61 Å². The van der Waals surface area contributed by atoms with Crippen LogP contribution < -0.4 is 5.32 Å². The lowest BCUT2D eigenvalue weighted by molar-refractivity contribution is 0.0953. The van der Waals surface area contributed by atoms with Gasteiger partial charge in [-0.25, -0.2) is 0 Å². The number of amides is 1. The number of nitrogens with one attached hydrogen (secondary N) is 1. The highest BCUT2D eigenvalue weighted by atomic mass is 16.2. The molecule has 0 spiro atoms. The van der Waals surface area contributed by atoms with E-state index < -0.39 is 0 Å². The number of carbonyl (C=O) groups excluding carboxylic acids is 1. The van der Waals surface area contributed by atoms with Gasteiger partial charge in [0.25, 0.3) is 5.91 Å². The summed E-state index contributed by atoms with van der Waals surface area (Å²) in [6.45, 7) is 0.237. The molecule has 2 aromatic heterocycles. The zero-order chi connectivity index (χ0) is 14.9. The molecule has 0 aliphatic heterocycles. The van der Waals surface area contributed by atoms with Gasteiger partial charge in [-0.2, -0.15) is 0 Å². The maximum Gasteiger partial charge on any atom is 0.252 e. The molecule has 2 N–H and O–H groups in total. The van der Waals surface area contributed by atoms with Gasteiger partial charge >= 0.3 is 0 Å². The average molecular weight is 281 g/mol. The van der Waals surface area contributed by atoms with Crippen molar-refractivity contribution in [1.82, 2.24) is 15.3 Å². The molecule has 0 aromatic carbocycles. The van der Waals surface area contributed by atoms with Crippen molar-refractivity contribution in [2.24, 2.45) is 0 Å². The van der Waals surface area contributed by atoms with Crippen LogP contribution in [0.25, 0.3) is 0 Å². The lowest BCUT2D eigenvalue weighted by Crippen LogP contribution is -2.26. The van der Waals surface area contributed by atoms with Crippen LogP contribution in [-0.4, -0.2) is 34.1 Å². The Labute approximate surface area is 123 Å². The van der Waals surface area contributed by atoms with E-state index in [0.717, 1.165) is 5.69 Å². The Morgan fingerprint density at radius 1 is 1.29 bits per heavy atom. The number of aliphatic hydroxyl groups excluding tert-OH is 1. The van der Waals surface area contributed by atoms with Gasteiger partial charge < -0.3 is 10.4 Å². The van der Waals surface area contributed by atoms with E-state index in [1.54, 1.807) is 12.3 Å². The van der Waals surface area contributed by atoms with E-state index >= 15 is 0 Å². The van der Waals surface area contributed by atoms with E-state index in [-0.39, 0.29) is 12.5 Å². The molecule has 0 saturated heterocycles. The highest BCUT2D eigenvalue weighted by Crippen LogP contribution is 2.05. The molecule has 5 nitrogen and oxygen atoms in total. The van der Waals surface area contributed by atoms with Crippen LogP contribution in [0.5, 0.6) is 0 Å². The summed E-state index contributed by atoms with van der Waals surface area (Å²) in [5.74, 6) is 5.02. The minimum Gasteiger partial charge on any atom is -0.384 e. The lowest BCUT2D eigenvalue weighted by atomic mass is 10.1. The molecule has 2 aromatic rings. The van der Waals surface area contributed by atoms with Crippen LogP contribution in [0.4, 0.5) is 0 Å². The maximum atomic E-state index is 12.1. The van der Waals surface area contributed by atoms with Crippen LogP contribution in [0.1, 0.15) is 21.6 Å². The fourth-order valence-corrected chi connectivity index (χ4v) is 1.77. The highest BCUT2D eigenvalue weighted by Gasteiger charge is 2.09. The number of hydrogen-bond acceptors (Lipinski definition) is 4. The first-order chi connectivity index (χ1) is 10.3. The van der Waals surface area contributed by atoms with Gasteiger partial charge in [-0.3, -0.25) is 14.8 Å². The summed E-state index contributed by atoms with van der Waals surface area (Å²) >= 11 is 0. The SMILES string of the molecule is O=C(NCCc1ccccn1)c1ccncc1C#CCO. The predicted octanol–water partition coefficient (Wildman–Crippen LogP) is 0.793. The molecule has 1 amide bonds. The van der Waals surface area contributed by atoms with Crippen molar-refractivity contribution >= 4 is 5.91 Å². The number of pyridine rings is 2. The Balaban J connectivity index is 1.97.